The molecule has 25 heavy (non-hydrogen) atoms. The number of carbonyl (C=O) groups is 3. The molecule has 0 unspecified atom stereocenters. The third kappa shape index (κ3) is 7.38. The van der Waals surface area contributed by atoms with Gasteiger partial charge in [0.05, 0.1) is 19.6 Å². The quantitative estimate of drug-likeness (QED) is 0.649. The molecule has 0 heterocycles. The lowest BCUT2D eigenvalue weighted by Gasteiger charge is -2.14. The first kappa shape index (κ1) is 20.7. The number of hydrogen-bond donors (Lipinski definition) is 2. The van der Waals surface area contributed by atoms with Gasteiger partial charge >= 0.3 is 5.97 Å². The summed E-state index contributed by atoms with van der Waals surface area (Å²) in [7, 11) is 1.23. The normalized spacial score (nSPS) is 13.0. The molecule has 0 aliphatic carbocycles. The maximum absolute atomic E-state index is 13.1. The fraction of sp³-hybridized carbons (Fsp3) is 0.471. The summed E-state index contributed by atoms with van der Waals surface area (Å²) < 4.78 is 30.7. The zero-order valence-corrected chi connectivity index (χ0v) is 14.2. The zero-order valence-electron chi connectivity index (χ0n) is 14.2. The van der Waals surface area contributed by atoms with Gasteiger partial charge in [0.25, 0.3) is 0 Å². The van der Waals surface area contributed by atoms with Crippen molar-refractivity contribution >= 4 is 17.7 Å². The van der Waals surface area contributed by atoms with Gasteiger partial charge in [0.1, 0.15) is 17.7 Å². The number of methoxy groups -OCH3 is 1. The van der Waals surface area contributed by atoms with Crippen molar-refractivity contribution in [2.24, 2.45) is 5.73 Å². The highest BCUT2D eigenvalue weighted by Crippen LogP contribution is 2.09. The lowest BCUT2D eigenvalue weighted by molar-refractivity contribution is -0.142. The number of ketones is 1. The summed E-state index contributed by atoms with van der Waals surface area (Å²) in [5, 5.41) is 2.48. The number of nitrogens with one attached hydrogen (secondary N) is 1. The lowest BCUT2D eigenvalue weighted by atomic mass is 10.0. The summed E-state index contributed by atoms with van der Waals surface area (Å²) >= 11 is 0. The van der Waals surface area contributed by atoms with E-state index in [4.69, 9.17) is 5.73 Å². The minimum absolute atomic E-state index is 0.140. The van der Waals surface area contributed by atoms with Crippen LogP contribution in [0.2, 0.25) is 0 Å². The van der Waals surface area contributed by atoms with Crippen molar-refractivity contribution < 1.29 is 27.9 Å². The average Bonchev–Trinajstić information content (AvgIpc) is 2.52. The smallest absolute Gasteiger partial charge is 0.322 e. The molecule has 0 aliphatic rings. The second-order valence-corrected chi connectivity index (χ2v) is 5.73. The van der Waals surface area contributed by atoms with Crippen molar-refractivity contribution in [2.45, 2.75) is 44.7 Å². The molecule has 8 heteroatoms. The van der Waals surface area contributed by atoms with Gasteiger partial charge < -0.3 is 15.8 Å². The van der Waals surface area contributed by atoms with Gasteiger partial charge in [0.2, 0.25) is 5.91 Å². The Morgan fingerprint density at radius 3 is 2.36 bits per heavy atom. The minimum atomic E-state index is -0.787. The highest BCUT2D eigenvalue weighted by Gasteiger charge is 2.18. The Balaban J connectivity index is 2.41. The molecule has 3 N–H and O–H groups in total. The van der Waals surface area contributed by atoms with Gasteiger partial charge in [-0.2, -0.15) is 0 Å². The van der Waals surface area contributed by atoms with E-state index in [1.807, 2.05) is 0 Å². The summed E-state index contributed by atoms with van der Waals surface area (Å²) in [5.41, 5.74) is 5.74. The summed E-state index contributed by atoms with van der Waals surface area (Å²) in [6.45, 7) is 1.52. The molecule has 1 rings (SSSR count). The minimum Gasteiger partial charge on any atom is -0.468 e. The number of nitrogens with two attached hydrogens (primary N) is 1. The fourth-order valence-electron chi connectivity index (χ4n) is 2.25. The lowest BCUT2D eigenvalue weighted by Crippen LogP contribution is -2.39. The van der Waals surface area contributed by atoms with Crippen molar-refractivity contribution in [1.29, 1.82) is 0 Å². The van der Waals surface area contributed by atoms with Crippen LogP contribution in [0.4, 0.5) is 8.78 Å². The SMILES string of the molecule is COC(=O)[C@@H](N)CCCC(=O)[C@H](C)NC(=O)Cc1cc(F)cc(F)c1. The van der Waals surface area contributed by atoms with Crippen molar-refractivity contribution in [2.75, 3.05) is 7.11 Å². The van der Waals surface area contributed by atoms with Crippen LogP contribution in [0.1, 0.15) is 31.7 Å². The molecule has 6 nitrogen and oxygen atoms in total. The molecular formula is C17H22F2N2O4. The van der Waals surface area contributed by atoms with Crippen LogP contribution in [0, 0.1) is 11.6 Å². The number of carbonyl (C=O) groups excluding carboxylic acids is 3. The van der Waals surface area contributed by atoms with E-state index in [9.17, 15) is 23.2 Å². The molecule has 1 aromatic carbocycles. The van der Waals surface area contributed by atoms with E-state index in [-0.39, 0.29) is 24.2 Å². The highest BCUT2D eigenvalue weighted by atomic mass is 19.1. The van der Waals surface area contributed by atoms with E-state index in [0.29, 0.717) is 18.9 Å². The third-order valence-electron chi connectivity index (χ3n) is 3.59. The van der Waals surface area contributed by atoms with Gasteiger partial charge in [0.15, 0.2) is 5.78 Å². The largest absolute Gasteiger partial charge is 0.468 e. The Hall–Kier alpha value is -2.35. The summed E-state index contributed by atoms with van der Waals surface area (Å²) in [6.07, 6.45) is 0.576. The monoisotopic (exact) mass is 356 g/mol. The van der Waals surface area contributed by atoms with Crippen LogP contribution in [0.15, 0.2) is 18.2 Å². The number of rotatable bonds is 9. The molecule has 1 amide bonds. The molecule has 0 aliphatic heterocycles. The van der Waals surface area contributed by atoms with Crippen LogP contribution >= 0.6 is 0 Å². The van der Waals surface area contributed by atoms with Crippen LogP contribution in [0.3, 0.4) is 0 Å². The first-order chi connectivity index (χ1) is 11.7. The maximum Gasteiger partial charge on any atom is 0.322 e. The molecule has 0 saturated carbocycles. The van der Waals surface area contributed by atoms with Crippen LogP contribution in [-0.4, -0.2) is 36.9 Å². The molecule has 0 fully saturated rings. The molecule has 0 aromatic heterocycles. The van der Waals surface area contributed by atoms with Crippen molar-refractivity contribution in [3.8, 4) is 0 Å². The molecule has 2 atom stereocenters. The standard InChI is InChI=1S/C17H22F2N2O4/c1-10(15(22)5-3-4-14(20)17(24)25-2)21-16(23)8-11-6-12(18)9-13(19)7-11/h6-7,9-10,14H,3-5,8,20H2,1-2H3,(H,21,23)/t10-,14-/m0/s1. The first-order valence-electron chi connectivity index (χ1n) is 7.83. The van der Waals surface area contributed by atoms with Crippen LogP contribution in [0.5, 0.6) is 0 Å². The maximum atomic E-state index is 13.1. The number of ether oxygens (including phenoxy) is 1. The van der Waals surface area contributed by atoms with Gasteiger partial charge in [-0.25, -0.2) is 8.78 Å². The molecule has 0 spiro atoms. The van der Waals surface area contributed by atoms with E-state index < -0.39 is 35.6 Å². The Bertz CT molecular complexity index is 617. The Labute approximate surface area is 144 Å². The van der Waals surface area contributed by atoms with E-state index in [2.05, 4.69) is 10.1 Å². The Morgan fingerprint density at radius 1 is 1.20 bits per heavy atom. The topological polar surface area (TPSA) is 98.5 Å². The molecular weight excluding hydrogens is 334 g/mol. The molecule has 0 bridgehead atoms. The molecule has 0 saturated heterocycles. The Kier molecular flexibility index (Phi) is 8.13. The van der Waals surface area contributed by atoms with Crippen LogP contribution < -0.4 is 11.1 Å². The summed E-state index contributed by atoms with van der Waals surface area (Å²) in [4.78, 5) is 35.0. The van der Waals surface area contributed by atoms with Gasteiger partial charge in [-0.1, -0.05) is 0 Å². The molecule has 0 radical (unpaired) electrons. The zero-order chi connectivity index (χ0) is 19.0. The molecule has 1 aromatic rings. The van der Waals surface area contributed by atoms with E-state index in [1.54, 1.807) is 0 Å². The second-order valence-electron chi connectivity index (χ2n) is 5.73. The highest BCUT2D eigenvalue weighted by molar-refractivity contribution is 5.89. The van der Waals surface area contributed by atoms with E-state index in [1.165, 1.54) is 14.0 Å². The van der Waals surface area contributed by atoms with Gasteiger partial charge in [-0.15, -0.1) is 0 Å². The summed E-state index contributed by atoms with van der Waals surface area (Å²) in [6, 6.07) is 1.30. The second kappa shape index (κ2) is 9.83. The van der Waals surface area contributed by atoms with Crippen molar-refractivity contribution in [3.05, 3.63) is 35.4 Å². The number of benzene rings is 1. The number of esters is 1. The first-order valence-corrected chi connectivity index (χ1v) is 7.83. The van der Waals surface area contributed by atoms with Crippen LogP contribution in [-0.2, 0) is 25.5 Å². The predicted molar refractivity (Wildman–Crippen MR) is 86.5 cm³/mol. The number of halogens is 2. The molecule has 138 valence electrons. The van der Waals surface area contributed by atoms with Gasteiger partial charge in [-0.3, -0.25) is 14.4 Å². The van der Waals surface area contributed by atoms with Crippen LogP contribution in [0.25, 0.3) is 0 Å². The van der Waals surface area contributed by atoms with Crippen molar-refractivity contribution in [1.82, 2.24) is 5.32 Å². The number of amides is 1. The van der Waals surface area contributed by atoms with Gasteiger partial charge in [0, 0.05) is 12.5 Å². The fourth-order valence-corrected chi connectivity index (χ4v) is 2.25. The number of Topliss-reactive ketones (excluding diaryl/α,β-unsaturated/α-hetero) is 1. The Morgan fingerprint density at radius 2 is 1.80 bits per heavy atom. The van der Waals surface area contributed by atoms with E-state index >= 15 is 0 Å². The van der Waals surface area contributed by atoms with Gasteiger partial charge in [-0.05, 0) is 37.5 Å². The number of hydrogen-bond acceptors (Lipinski definition) is 5. The van der Waals surface area contributed by atoms with Crippen molar-refractivity contribution in [3.63, 3.8) is 0 Å². The predicted octanol–water partition coefficient (Wildman–Crippen LogP) is 1.25. The third-order valence-corrected chi connectivity index (χ3v) is 3.59. The average molecular weight is 356 g/mol. The van der Waals surface area contributed by atoms with E-state index in [0.717, 1.165) is 12.1 Å². The summed E-state index contributed by atoms with van der Waals surface area (Å²) in [5.74, 6) is -2.83.